The molecule has 1 saturated heterocycles. The molecule has 0 N–H and O–H groups in total. The number of carbonyl (C=O) groups is 1. The van der Waals surface area contributed by atoms with E-state index in [4.69, 9.17) is 9.47 Å². The Morgan fingerprint density at radius 1 is 1.36 bits per heavy atom. The van der Waals surface area contributed by atoms with Gasteiger partial charge in [-0.15, -0.1) is 0 Å². The quantitative estimate of drug-likeness (QED) is 0.857. The summed E-state index contributed by atoms with van der Waals surface area (Å²) < 4.78 is 11.4. The average Bonchev–Trinajstić information content (AvgIpc) is 3.48. The summed E-state index contributed by atoms with van der Waals surface area (Å²) >= 11 is 0. The molecule has 0 bridgehead atoms. The SMILES string of the molecule is CC1(C2CC2)COCCN1C(=O)c1cccc(Oc2cnccn2)c1. The maximum absolute atomic E-state index is 13.1. The van der Waals surface area contributed by atoms with Gasteiger partial charge in [0.15, 0.2) is 0 Å². The van der Waals surface area contributed by atoms with E-state index in [-0.39, 0.29) is 11.4 Å². The van der Waals surface area contributed by atoms with Crippen molar-refractivity contribution < 1.29 is 14.3 Å². The van der Waals surface area contributed by atoms with Gasteiger partial charge in [-0.1, -0.05) is 6.07 Å². The number of aromatic nitrogens is 2. The number of rotatable bonds is 4. The monoisotopic (exact) mass is 339 g/mol. The first-order valence-electron chi connectivity index (χ1n) is 8.60. The van der Waals surface area contributed by atoms with E-state index in [2.05, 4.69) is 16.9 Å². The van der Waals surface area contributed by atoms with Gasteiger partial charge in [0.1, 0.15) is 5.75 Å². The van der Waals surface area contributed by atoms with E-state index in [1.165, 1.54) is 12.8 Å². The van der Waals surface area contributed by atoms with Crippen molar-refractivity contribution in [1.82, 2.24) is 14.9 Å². The molecule has 25 heavy (non-hydrogen) atoms. The van der Waals surface area contributed by atoms with E-state index in [0.29, 0.717) is 42.9 Å². The average molecular weight is 339 g/mol. The molecule has 130 valence electrons. The van der Waals surface area contributed by atoms with Crippen LogP contribution in [0, 0.1) is 5.92 Å². The molecule has 1 atom stereocenters. The van der Waals surface area contributed by atoms with Crippen LogP contribution in [0.25, 0.3) is 0 Å². The Bertz CT molecular complexity index is 764. The summed E-state index contributed by atoms with van der Waals surface area (Å²) in [7, 11) is 0. The molecule has 2 aromatic rings. The lowest BCUT2D eigenvalue weighted by Crippen LogP contribution is -2.58. The van der Waals surface area contributed by atoms with Gasteiger partial charge in [-0.2, -0.15) is 0 Å². The molecule has 0 spiro atoms. The summed E-state index contributed by atoms with van der Waals surface area (Å²) in [6.45, 7) is 3.96. The van der Waals surface area contributed by atoms with Gasteiger partial charge in [0.2, 0.25) is 5.88 Å². The van der Waals surface area contributed by atoms with E-state index >= 15 is 0 Å². The van der Waals surface area contributed by atoms with E-state index in [1.54, 1.807) is 24.7 Å². The van der Waals surface area contributed by atoms with Crippen LogP contribution in [-0.4, -0.2) is 46.1 Å². The van der Waals surface area contributed by atoms with Crippen LogP contribution in [0.15, 0.2) is 42.9 Å². The second kappa shape index (κ2) is 6.44. The molecule has 1 unspecified atom stereocenters. The Balaban J connectivity index is 1.56. The second-order valence-corrected chi connectivity index (χ2v) is 6.81. The summed E-state index contributed by atoms with van der Waals surface area (Å²) in [5, 5.41) is 0. The van der Waals surface area contributed by atoms with Crippen LogP contribution < -0.4 is 4.74 Å². The first kappa shape index (κ1) is 16.0. The van der Waals surface area contributed by atoms with Crippen molar-refractivity contribution in [2.75, 3.05) is 19.8 Å². The van der Waals surface area contributed by atoms with Crippen molar-refractivity contribution in [1.29, 1.82) is 0 Å². The van der Waals surface area contributed by atoms with Crippen LogP contribution in [0.1, 0.15) is 30.1 Å². The molecule has 1 aromatic heterocycles. The smallest absolute Gasteiger partial charge is 0.254 e. The molecule has 4 rings (SSSR count). The highest BCUT2D eigenvalue weighted by molar-refractivity contribution is 5.95. The standard InChI is InChI=1S/C19H21N3O3/c1-19(15-5-6-15)13-24-10-9-22(19)18(23)14-3-2-4-16(11-14)25-17-12-20-7-8-21-17/h2-4,7-8,11-12,15H,5-6,9-10,13H2,1H3. The Morgan fingerprint density at radius 3 is 3.00 bits per heavy atom. The Kier molecular flexibility index (Phi) is 4.13. The molecule has 6 heteroatoms. The lowest BCUT2D eigenvalue weighted by molar-refractivity contribution is -0.0547. The molecule has 1 amide bonds. The highest BCUT2D eigenvalue weighted by Gasteiger charge is 2.49. The lowest BCUT2D eigenvalue weighted by atomic mass is 9.92. The van der Waals surface area contributed by atoms with Gasteiger partial charge in [0.25, 0.3) is 5.91 Å². The van der Waals surface area contributed by atoms with Crippen molar-refractivity contribution in [3.05, 3.63) is 48.4 Å². The van der Waals surface area contributed by atoms with E-state index in [0.717, 1.165) is 0 Å². The lowest BCUT2D eigenvalue weighted by Gasteiger charge is -2.45. The minimum absolute atomic E-state index is 0.0299. The molecule has 1 saturated carbocycles. The number of benzene rings is 1. The molecular formula is C19H21N3O3. The summed E-state index contributed by atoms with van der Waals surface area (Å²) in [6, 6.07) is 7.23. The summed E-state index contributed by atoms with van der Waals surface area (Å²) in [4.78, 5) is 23.2. The third-order valence-electron chi connectivity index (χ3n) is 5.02. The normalized spacial score (nSPS) is 23.3. The highest BCUT2D eigenvalue weighted by atomic mass is 16.5. The van der Waals surface area contributed by atoms with Crippen LogP contribution in [0.3, 0.4) is 0 Å². The molecule has 6 nitrogen and oxygen atoms in total. The van der Waals surface area contributed by atoms with Gasteiger partial charge in [-0.25, -0.2) is 4.98 Å². The largest absolute Gasteiger partial charge is 0.437 e. The van der Waals surface area contributed by atoms with Gasteiger partial charge < -0.3 is 14.4 Å². The number of morpholine rings is 1. The molecule has 2 fully saturated rings. The van der Waals surface area contributed by atoms with Crippen molar-refractivity contribution in [2.24, 2.45) is 5.92 Å². The van der Waals surface area contributed by atoms with Crippen LogP contribution in [0.2, 0.25) is 0 Å². The van der Waals surface area contributed by atoms with E-state index in [1.807, 2.05) is 23.1 Å². The van der Waals surface area contributed by atoms with Crippen molar-refractivity contribution in [3.8, 4) is 11.6 Å². The molecule has 2 heterocycles. The fraction of sp³-hybridized carbons (Fsp3) is 0.421. The van der Waals surface area contributed by atoms with Gasteiger partial charge in [-0.05, 0) is 43.9 Å². The third kappa shape index (κ3) is 3.22. The first-order chi connectivity index (χ1) is 12.2. The molecule has 0 radical (unpaired) electrons. The first-order valence-corrected chi connectivity index (χ1v) is 8.60. The van der Waals surface area contributed by atoms with Gasteiger partial charge in [0, 0.05) is 24.5 Å². The summed E-state index contributed by atoms with van der Waals surface area (Å²) in [5.41, 5.74) is 0.409. The number of nitrogens with zero attached hydrogens (tertiary/aromatic N) is 3. The van der Waals surface area contributed by atoms with E-state index < -0.39 is 0 Å². The summed E-state index contributed by atoms with van der Waals surface area (Å²) in [5.74, 6) is 1.55. The number of carbonyl (C=O) groups excluding carboxylic acids is 1. The van der Waals surface area contributed by atoms with Gasteiger partial charge in [-0.3, -0.25) is 9.78 Å². The predicted molar refractivity (Wildman–Crippen MR) is 91.5 cm³/mol. The van der Waals surface area contributed by atoms with Gasteiger partial charge in [0.05, 0.1) is 24.9 Å². The van der Waals surface area contributed by atoms with Gasteiger partial charge >= 0.3 is 0 Å². The Hall–Kier alpha value is -2.47. The molecule has 1 aliphatic heterocycles. The maximum atomic E-state index is 13.1. The van der Waals surface area contributed by atoms with Crippen LogP contribution >= 0.6 is 0 Å². The van der Waals surface area contributed by atoms with Crippen molar-refractivity contribution in [2.45, 2.75) is 25.3 Å². The third-order valence-corrected chi connectivity index (χ3v) is 5.02. The predicted octanol–water partition coefficient (Wildman–Crippen LogP) is 2.91. The Labute approximate surface area is 146 Å². The zero-order chi connectivity index (χ0) is 17.3. The molecule has 1 aromatic carbocycles. The fourth-order valence-corrected chi connectivity index (χ4v) is 3.45. The number of ether oxygens (including phenoxy) is 2. The van der Waals surface area contributed by atoms with Crippen LogP contribution in [0.5, 0.6) is 11.6 Å². The van der Waals surface area contributed by atoms with E-state index in [9.17, 15) is 4.79 Å². The number of hydrogen-bond acceptors (Lipinski definition) is 5. The highest BCUT2D eigenvalue weighted by Crippen LogP contribution is 2.44. The molecular weight excluding hydrogens is 318 g/mol. The fourth-order valence-electron chi connectivity index (χ4n) is 3.45. The zero-order valence-corrected chi connectivity index (χ0v) is 14.2. The second-order valence-electron chi connectivity index (χ2n) is 6.81. The maximum Gasteiger partial charge on any atom is 0.254 e. The Morgan fingerprint density at radius 2 is 2.24 bits per heavy atom. The minimum Gasteiger partial charge on any atom is -0.437 e. The minimum atomic E-state index is -0.211. The van der Waals surface area contributed by atoms with Crippen molar-refractivity contribution >= 4 is 5.91 Å². The van der Waals surface area contributed by atoms with Crippen LogP contribution in [-0.2, 0) is 4.74 Å². The number of amides is 1. The van der Waals surface area contributed by atoms with Crippen LogP contribution in [0.4, 0.5) is 0 Å². The van der Waals surface area contributed by atoms with Crippen molar-refractivity contribution in [3.63, 3.8) is 0 Å². The zero-order valence-electron chi connectivity index (χ0n) is 14.2. The molecule has 2 aliphatic rings. The summed E-state index contributed by atoms with van der Waals surface area (Å²) in [6.07, 6.45) is 7.03. The molecule has 1 aliphatic carbocycles. The number of hydrogen-bond donors (Lipinski definition) is 0. The topological polar surface area (TPSA) is 64.5 Å².